The predicted molar refractivity (Wildman–Crippen MR) is 79.0 cm³/mol. The Morgan fingerprint density at radius 1 is 1.15 bits per heavy atom. The van der Waals surface area contributed by atoms with Crippen molar-refractivity contribution in [2.75, 3.05) is 11.8 Å². The van der Waals surface area contributed by atoms with Crippen LogP contribution in [0.1, 0.15) is 11.1 Å². The molecule has 0 saturated heterocycles. The molecule has 0 aliphatic carbocycles. The molecule has 0 aliphatic heterocycles. The van der Waals surface area contributed by atoms with Gasteiger partial charge in [-0.1, -0.05) is 6.07 Å². The first kappa shape index (κ1) is 14.5. The molecule has 0 saturated carbocycles. The highest BCUT2D eigenvalue weighted by molar-refractivity contribution is 7.92. The van der Waals surface area contributed by atoms with E-state index < -0.39 is 10.0 Å². The summed E-state index contributed by atoms with van der Waals surface area (Å²) in [6.07, 6.45) is 3.08. The van der Waals surface area contributed by atoms with Crippen molar-refractivity contribution in [3.8, 4) is 0 Å². The number of benzene rings is 1. The fourth-order valence-electron chi connectivity index (χ4n) is 1.83. The van der Waals surface area contributed by atoms with Crippen LogP contribution < -0.4 is 10.0 Å². The number of aryl methyl sites for hydroxylation is 1. The van der Waals surface area contributed by atoms with Gasteiger partial charge in [-0.15, -0.1) is 0 Å². The molecule has 6 heteroatoms. The number of pyridine rings is 1. The summed E-state index contributed by atoms with van der Waals surface area (Å²) in [4.78, 5) is 4.11. The number of sulfonamides is 1. The first-order valence-electron chi connectivity index (χ1n) is 6.20. The Morgan fingerprint density at radius 3 is 2.50 bits per heavy atom. The summed E-state index contributed by atoms with van der Waals surface area (Å²) < 4.78 is 27.2. The van der Waals surface area contributed by atoms with E-state index in [2.05, 4.69) is 15.0 Å². The van der Waals surface area contributed by atoms with Gasteiger partial charge in [-0.25, -0.2) is 8.42 Å². The van der Waals surface area contributed by atoms with E-state index in [4.69, 9.17) is 0 Å². The van der Waals surface area contributed by atoms with Crippen LogP contribution in [0.5, 0.6) is 0 Å². The molecule has 106 valence electrons. The highest BCUT2D eigenvalue weighted by atomic mass is 32.2. The van der Waals surface area contributed by atoms with Gasteiger partial charge >= 0.3 is 0 Å². The fourth-order valence-corrected chi connectivity index (χ4v) is 2.94. The predicted octanol–water partition coefficient (Wildman–Crippen LogP) is 1.91. The minimum absolute atomic E-state index is 0.255. The Hall–Kier alpha value is -1.92. The lowest BCUT2D eigenvalue weighted by Crippen LogP contribution is -2.14. The normalized spacial score (nSPS) is 11.3. The van der Waals surface area contributed by atoms with E-state index in [1.54, 1.807) is 36.7 Å². The van der Waals surface area contributed by atoms with E-state index in [9.17, 15) is 8.42 Å². The van der Waals surface area contributed by atoms with Gasteiger partial charge in [0.05, 0.1) is 10.6 Å². The summed E-state index contributed by atoms with van der Waals surface area (Å²) in [5.74, 6) is 0. The standard InChI is InChI=1S/C14H17N3O2S/c1-11-3-4-14(9-12(11)10-15-2)20(18,19)17-13-5-7-16-8-6-13/h3-9,15H,10H2,1-2H3,(H,16,17). The highest BCUT2D eigenvalue weighted by Crippen LogP contribution is 2.18. The van der Waals surface area contributed by atoms with Gasteiger partial charge in [0, 0.05) is 18.9 Å². The zero-order chi connectivity index (χ0) is 14.6. The van der Waals surface area contributed by atoms with Gasteiger partial charge in [0.25, 0.3) is 10.0 Å². The Labute approximate surface area is 119 Å². The van der Waals surface area contributed by atoms with Gasteiger partial charge in [0.1, 0.15) is 0 Å². The van der Waals surface area contributed by atoms with E-state index in [0.717, 1.165) is 11.1 Å². The molecule has 0 radical (unpaired) electrons. The van der Waals surface area contributed by atoms with Gasteiger partial charge in [0.15, 0.2) is 0 Å². The maximum atomic E-state index is 12.3. The molecule has 2 rings (SSSR count). The van der Waals surface area contributed by atoms with Crippen molar-refractivity contribution < 1.29 is 8.42 Å². The topological polar surface area (TPSA) is 71.1 Å². The van der Waals surface area contributed by atoms with Crippen molar-refractivity contribution in [2.24, 2.45) is 0 Å². The van der Waals surface area contributed by atoms with E-state index >= 15 is 0 Å². The van der Waals surface area contributed by atoms with Crippen LogP contribution in [0.15, 0.2) is 47.6 Å². The molecular weight excluding hydrogens is 274 g/mol. The summed E-state index contributed by atoms with van der Waals surface area (Å²) in [6, 6.07) is 8.33. The summed E-state index contributed by atoms with van der Waals surface area (Å²) >= 11 is 0. The van der Waals surface area contributed by atoms with Gasteiger partial charge in [0.2, 0.25) is 0 Å². The van der Waals surface area contributed by atoms with Gasteiger partial charge in [-0.2, -0.15) is 0 Å². The maximum Gasteiger partial charge on any atom is 0.261 e. The first-order valence-corrected chi connectivity index (χ1v) is 7.68. The van der Waals surface area contributed by atoms with E-state index in [1.807, 2.05) is 20.0 Å². The van der Waals surface area contributed by atoms with Crippen LogP contribution >= 0.6 is 0 Å². The van der Waals surface area contributed by atoms with E-state index in [1.165, 1.54) is 0 Å². The smallest absolute Gasteiger partial charge is 0.261 e. The second kappa shape index (κ2) is 6.02. The Balaban J connectivity index is 2.32. The van der Waals surface area contributed by atoms with Crippen LogP contribution in [0.4, 0.5) is 5.69 Å². The summed E-state index contributed by atoms with van der Waals surface area (Å²) in [6.45, 7) is 2.59. The molecule has 2 aromatic rings. The summed E-state index contributed by atoms with van der Waals surface area (Å²) in [7, 11) is -1.75. The monoisotopic (exact) mass is 291 g/mol. The van der Waals surface area contributed by atoms with Crippen molar-refractivity contribution in [2.45, 2.75) is 18.4 Å². The molecule has 1 heterocycles. The Morgan fingerprint density at radius 2 is 1.85 bits per heavy atom. The van der Waals surface area contributed by atoms with E-state index in [0.29, 0.717) is 12.2 Å². The maximum absolute atomic E-state index is 12.3. The molecule has 5 nitrogen and oxygen atoms in total. The SMILES string of the molecule is CNCc1cc(S(=O)(=O)Nc2ccncc2)ccc1C. The lowest BCUT2D eigenvalue weighted by atomic mass is 10.1. The second-order valence-corrected chi connectivity index (χ2v) is 6.14. The minimum Gasteiger partial charge on any atom is -0.316 e. The summed E-state index contributed by atoms with van der Waals surface area (Å²) in [5, 5.41) is 3.03. The van der Waals surface area contributed by atoms with Gasteiger partial charge in [-0.05, 0) is 49.4 Å². The molecule has 20 heavy (non-hydrogen) atoms. The number of anilines is 1. The third kappa shape index (κ3) is 3.34. The molecule has 0 bridgehead atoms. The quantitative estimate of drug-likeness (QED) is 0.883. The molecule has 0 fully saturated rings. The number of nitrogens with one attached hydrogen (secondary N) is 2. The van der Waals surface area contributed by atoms with Crippen molar-refractivity contribution in [3.63, 3.8) is 0 Å². The van der Waals surface area contributed by atoms with Crippen LogP contribution in [0.25, 0.3) is 0 Å². The third-order valence-electron chi connectivity index (χ3n) is 2.93. The number of rotatable bonds is 5. The van der Waals surface area contributed by atoms with Crippen LogP contribution in [0, 0.1) is 6.92 Å². The van der Waals surface area contributed by atoms with Crippen LogP contribution in [0.3, 0.4) is 0 Å². The fraction of sp³-hybridized carbons (Fsp3) is 0.214. The molecule has 2 N–H and O–H groups in total. The zero-order valence-electron chi connectivity index (χ0n) is 11.4. The molecular formula is C14H17N3O2S. The average Bonchev–Trinajstić information content (AvgIpc) is 2.42. The zero-order valence-corrected chi connectivity index (χ0v) is 12.2. The van der Waals surface area contributed by atoms with Crippen molar-refractivity contribution in [1.29, 1.82) is 0 Å². The Kier molecular flexibility index (Phi) is 4.36. The van der Waals surface area contributed by atoms with Gasteiger partial charge in [-0.3, -0.25) is 9.71 Å². The molecule has 1 aromatic carbocycles. The number of hydrogen-bond donors (Lipinski definition) is 2. The van der Waals surface area contributed by atoms with Crippen molar-refractivity contribution in [1.82, 2.24) is 10.3 Å². The van der Waals surface area contributed by atoms with Crippen LogP contribution in [-0.4, -0.2) is 20.4 Å². The lowest BCUT2D eigenvalue weighted by Gasteiger charge is -2.11. The number of hydrogen-bond acceptors (Lipinski definition) is 4. The van der Waals surface area contributed by atoms with E-state index in [-0.39, 0.29) is 4.90 Å². The molecule has 0 unspecified atom stereocenters. The Bertz CT molecular complexity index is 685. The van der Waals surface area contributed by atoms with Crippen LogP contribution in [-0.2, 0) is 16.6 Å². The van der Waals surface area contributed by atoms with Gasteiger partial charge < -0.3 is 5.32 Å². The summed E-state index contributed by atoms with van der Waals surface area (Å²) in [5.41, 5.74) is 2.52. The van der Waals surface area contributed by atoms with Crippen molar-refractivity contribution >= 4 is 15.7 Å². The first-order chi connectivity index (χ1) is 9.53. The second-order valence-electron chi connectivity index (χ2n) is 4.46. The minimum atomic E-state index is -3.58. The third-order valence-corrected chi connectivity index (χ3v) is 4.31. The van der Waals surface area contributed by atoms with Crippen LogP contribution in [0.2, 0.25) is 0 Å². The molecule has 0 amide bonds. The lowest BCUT2D eigenvalue weighted by molar-refractivity contribution is 0.601. The molecule has 1 aromatic heterocycles. The number of aromatic nitrogens is 1. The van der Waals surface area contributed by atoms with Crippen molar-refractivity contribution in [3.05, 3.63) is 53.9 Å². The molecule has 0 spiro atoms. The molecule has 0 aliphatic rings. The molecule has 0 atom stereocenters. The highest BCUT2D eigenvalue weighted by Gasteiger charge is 2.15. The number of nitrogens with zero attached hydrogens (tertiary/aromatic N) is 1. The average molecular weight is 291 g/mol. The largest absolute Gasteiger partial charge is 0.316 e.